The Kier molecular flexibility index (Phi) is 4.11. The first kappa shape index (κ1) is 16.6. The lowest BCUT2D eigenvalue weighted by atomic mass is 9.83. The minimum Gasteiger partial charge on any atom is -0.458 e. The highest BCUT2D eigenvalue weighted by molar-refractivity contribution is 6.08. The molecule has 0 fully saturated rings. The second kappa shape index (κ2) is 6.45. The molecule has 1 aliphatic rings. The molecule has 0 spiro atoms. The minimum atomic E-state index is -0.559. The quantitative estimate of drug-likeness (QED) is 0.506. The van der Waals surface area contributed by atoms with Gasteiger partial charge in [0.15, 0.2) is 6.10 Å². The first-order chi connectivity index (χ1) is 12.5. The van der Waals surface area contributed by atoms with Gasteiger partial charge in [0.25, 0.3) is 0 Å². The highest BCUT2D eigenvalue weighted by Gasteiger charge is 2.35. The van der Waals surface area contributed by atoms with Gasteiger partial charge >= 0.3 is 11.9 Å². The molecule has 2 atom stereocenters. The van der Waals surface area contributed by atoms with Crippen LogP contribution in [0.15, 0.2) is 48.5 Å². The van der Waals surface area contributed by atoms with E-state index in [0.29, 0.717) is 6.42 Å². The normalized spacial score (nSPS) is 19.2. The second-order valence-corrected chi connectivity index (χ2v) is 6.73. The van der Waals surface area contributed by atoms with Crippen molar-refractivity contribution in [2.45, 2.75) is 38.9 Å². The molecule has 0 radical (unpaired) electrons. The molecule has 4 nitrogen and oxygen atoms in total. The Morgan fingerprint density at radius 3 is 2.35 bits per heavy atom. The van der Waals surface area contributed by atoms with Crippen molar-refractivity contribution < 1.29 is 19.1 Å². The van der Waals surface area contributed by atoms with E-state index in [0.717, 1.165) is 12.0 Å². The van der Waals surface area contributed by atoms with Crippen LogP contribution in [0.3, 0.4) is 0 Å². The van der Waals surface area contributed by atoms with E-state index in [1.807, 2.05) is 18.2 Å². The number of carbonyl (C=O) groups excluding carboxylic acids is 2. The lowest BCUT2D eigenvalue weighted by Crippen LogP contribution is -2.32. The Bertz CT molecular complexity index is 1020. The lowest BCUT2D eigenvalue weighted by molar-refractivity contribution is -0.167. The van der Waals surface area contributed by atoms with Gasteiger partial charge in [-0.15, -0.1) is 0 Å². The molecule has 0 unspecified atom stereocenters. The largest absolute Gasteiger partial charge is 0.458 e. The van der Waals surface area contributed by atoms with Crippen LogP contribution in [-0.2, 0) is 25.5 Å². The number of esters is 2. The number of fused-ring (bicyclic) bond motifs is 5. The summed E-state index contributed by atoms with van der Waals surface area (Å²) in [6.45, 7) is 2.76. The summed E-state index contributed by atoms with van der Waals surface area (Å²) in [7, 11) is 0. The van der Waals surface area contributed by atoms with E-state index in [-0.39, 0.29) is 11.9 Å². The standard InChI is InChI=1S/C22H20O4/c1-13(23)25-21-12-11-19-18-8-7-15-5-3-4-6-16(15)17(18)9-10-20(19)22(21)26-14(2)24/h3-10,21-22H,11-12H2,1-2H3/t21-,22-/m0/s1. The summed E-state index contributed by atoms with van der Waals surface area (Å²) >= 11 is 0. The van der Waals surface area contributed by atoms with Crippen molar-refractivity contribution in [1.82, 2.24) is 0 Å². The Morgan fingerprint density at radius 1 is 0.846 bits per heavy atom. The van der Waals surface area contributed by atoms with Crippen LogP contribution in [0.5, 0.6) is 0 Å². The number of hydrogen-bond donors (Lipinski definition) is 0. The molecule has 0 amide bonds. The summed E-state index contributed by atoms with van der Waals surface area (Å²) in [6.07, 6.45) is 0.412. The van der Waals surface area contributed by atoms with Crippen LogP contribution in [-0.4, -0.2) is 18.0 Å². The zero-order valence-corrected chi connectivity index (χ0v) is 14.8. The highest BCUT2D eigenvalue weighted by atomic mass is 16.6. The zero-order chi connectivity index (χ0) is 18.3. The third kappa shape index (κ3) is 2.81. The highest BCUT2D eigenvalue weighted by Crippen LogP contribution is 2.40. The van der Waals surface area contributed by atoms with Gasteiger partial charge in [-0.05, 0) is 39.9 Å². The predicted molar refractivity (Wildman–Crippen MR) is 99.8 cm³/mol. The van der Waals surface area contributed by atoms with Crippen molar-refractivity contribution >= 4 is 33.5 Å². The molecule has 0 saturated carbocycles. The Morgan fingerprint density at radius 2 is 1.58 bits per heavy atom. The molecule has 4 rings (SSSR count). The smallest absolute Gasteiger partial charge is 0.303 e. The fraction of sp³-hybridized carbons (Fsp3) is 0.273. The molecule has 0 N–H and O–H groups in total. The van der Waals surface area contributed by atoms with Crippen LogP contribution >= 0.6 is 0 Å². The van der Waals surface area contributed by atoms with Crippen molar-refractivity contribution in [3.63, 3.8) is 0 Å². The fourth-order valence-corrected chi connectivity index (χ4v) is 4.00. The molecule has 0 aliphatic heterocycles. The van der Waals surface area contributed by atoms with Crippen molar-refractivity contribution in [2.75, 3.05) is 0 Å². The average Bonchev–Trinajstić information content (AvgIpc) is 2.62. The fourth-order valence-electron chi connectivity index (χ4n) is 4.00. The Labute approximate surface area is 151 Å². The van der Waals surface area contributed by atoms with Crippen LogP contribution in [0.2, 0.25) is 0 Å². The summed E-state index contributed by atoms with van der Waals surface area (Å²) < 4.78 is 11.0. The Balaban J connectivity index is 1.89. The maximum Gasteiger partial charge on any atom is 0.303 e. The molecule has 3 aromatic carbocycles. The first-order valence-corrected chi connectivity index (χ1v) is 8.82. The lowest BCUT2D eigenvalue weighted by Gasteiger charge is -2.33. The average molecular weight is 348 g/mol. The van der Waals surface area contributed by atoms with Gasteiger partial charge in [-0.3, -0.25) is 9.59 Å². The van der Waals surface area contributed by atoms with Crippen molar-refractivity contribution in [1.29, 1.82) is 0 Å². The monoisotopic (exact) mass is 348 g/mol. The molecule has 0 bridgehead atoms. The number of hydrogen-bond acceptors (Lipinski definition) is 4. The number of ether oxygens (including phenoxy) is 2. The summed E-state index contributed by atoms with van der Waals surface area (Å²) in [5.74, 6) is -0.735. The van der Waals surface area contributed by atoms with E-state index < -0.39 is 12.2 Å². The van der Waals surface area contributed by atoms with Gasteiger partial charge in [-0.1, -0.05) is 48.5 Å². The number of aryl methyl sites for hydroxylation is 1. The summed E-state index contributed by atoms with van der Waals surface area (Å²) in [4.78, 5) is 23.1. The number of benzene rings is 3. The van der Waals surface area contributed by atoms with E-state index in [9.17, 15) is 9.59 Å². The zero-order valence-electron chi connectivity index (χ0n) is 14.8. The topological polar surface area (TPSA) is 52.6 Å². The molecular weight excluding hydrogens is 328 g/mol. The molecule has 1 aliphatic carbocycles. The summed E-state index contributed by atoms with van der Waals surface area (Å²) in [5, 5.41) is 4.76. The first-order valence-electron chi connectivity index (χ1n) is 8.82. The van der Waals surface area contributed by atoms with E-state index in [1.165, 1.54) is 41.0 Å². The summed E-state index contributed by atoms with van der Waals surface area (Å²) in [5.41, 5.74) is 2.10. The molecule has 0 saturated heterocycles. The van der Waals surface area contributed by atoms with Crippen LogP contribution in [0.1, 0.15) is 37.5 Å². The van der Waals surface area contributed by atoms with Gasteiger partial charge in [0, 0.05) is 19.4 Å². The number of rotatable bonds is 2. The third-order valence-electron chi connectivity index (χ3n) is 5.01. The van der Waals surface area contributed by atoms with E-state index in [1.54, 1.807) is 0 Å². The van der Waals surface area contributed by atoms with E-state index >= 15 is 0 Å². The van der Waals surface area contributed by atoms with Crippen LogP contribution in [0.4, 0.5) is 0 Å². The van der Waals surface area contributed by atoms with Gasteiger partial charge in [-0.25, -0.2) is 0 Å². The molecule has 4 heteroatoms. The third-order valence-corrected chi connectivity index (χ3v) is 5.01. The van der Waals surface area contributed by atoms with Crippen molar-refractivity contribution in [3.05, 3.63) is 59.7 Å². The Hall–Kier alpha value is -2.88. The van der Waals surface area contributed by atoms with Gasteiger partial charge in [0.1, 0.15) is 6.10 Å². The van der Waals surface area contributed by atoms with Gasteiger partial charge in [-0.2, -0.15) is 0 Å². The number of carbonyl (C=O) groups is 2. The van der Waals surface area contributed by atoms with Crippen molar-refractivity contribution in [3.8, 4) is 0 Å². The maximum atomic E-state index is 11.6. The minimum absolute atomic E-state index is 0.359. The van der Waals surface area contributed by atoms with Crippen molar-refractivity contribution in [2.24, 2.45) is 0 Å². The second-order valence-electron chi connectivity index (χ2n) is 6.73. The van der Waals surface area contributed by atoms with Crippen LogP contribution in [0, 0.1) is 0 Å². The van der Waals surface area contributed by atoms with Gasteiger partial charge in [0.2, 0.25) is 0 Å². The van der Waals surface area contributed by atoms with Crippen LogP contribution in [0.25, 0.3) is 21.5 Å². The van der Waals surface area contributed by atoms with E-state index in [2.05, 4.69) is 30.3 Å². The van der Waals surface area contributed by atoms with Gasteiger partial charge in [0.05, 0.1) is 0 Å². The molecule has 26 heavy (non-hydrogen) atoms. The van der Waals surface area contributed by atoms with Crippen LogP contribution < -0.4 is 0 Å². The summed E-state index contributed by atoms with van der Waals surface area (Å²) in [6, 6.07) is 16.6. The van der Waals surface area contributed by atoms with E-state index in [4.69, 9.17) is 9.47 Å². The molecule has 132 valence electrons. The molecule has 3 aromatic rings. The maximum absolute atomic E-state index is 11.6. The van der Waals surface area contributed by atoms with Gasteiger partial charge < -0.3 is 9.47 Å². The SMILES string of the molecule is CC(=O)O[C@H]1CCc2c(ccc3c2ccc2ccccc23)[C@@H]1OC(C)=O. The molecular formula is C22H20O4. The molecule has 0 aromatic heterocycles. The molecule has 0 heterocycles. The predicted octanol–water partition coefficient (Wildman–Crippen LogP) is 4.48.